The molecule has 1 heterocycles. The molecule has 1 saturated heterocycles. The van der Waals surface area contributed by atoms with E-state index in [-0.39, 0.29) is 12.5 Å². The van der Waals surface area contributed by atoms with E-state index in [2.05, 4.69) is 4.72 Å². The maximum atomic E-state index is 11.7. The normalized spacial score (nSPS) is 20.4. The van der Waals surface area contributed by atoms with Gasteiger partial charge in [0.05, 0.1) is 11.8 Å². The number of likely N-dealkylation sites (tertiary alicyclic amines) is 1. The van der Waals surface area contributed by atoms with Crippen LogP contribution in [0, 0.1) is 5.92 Å². The molecule has 21 heavy (non-hydrogen) atoms. The summed E-state index contributed by atoms with van der Waals surface area (Å²) in [6.07, 6.45) is 1.80. The summed E-state index contributed by atoms with van der Waals surface area (Å²) >= 11 is 0. The molecular formula is C12H24N4O4S. The van der Waals surface area contributed by atoms with Crippen molar-refractivity contribution in [2.24, 2.45) is 11.7 Å². The number of amides is 3. The highest BCUT2D eigenvalue weighted by atomic mass is 32.2. The van der Waals surface area contributed by atoms with Crippen LogP contribution in [0.25, 0.3) is 0 Å². The molecule has 0 aliphatic carbocycles. The second-order valence-electron chi connectivity index (χ2n) is 5.60. The van der Waals surface area contributed by atoms with Crippen LogP contribution in [-0.2, 0) is 14.8 Å². The van der Waals surface area contributed by atoms with Crippen molar-refractivity contribution in [1.82, 2.24) is 14.9 Å². The lowest BCUT2D eigenvalue weighted by atomic mass is 9.98. The molecule has 0 unspecified atom stereocenters. The first kappa shape index (κ1) is 17.9. The maximum Gasteiger partial charge on any atom is 0.318 e. The highest BCUT2D eigenvalue weighted by molar-refractivity contribution is 7.90. The van der Waals surface area contributed by atoms with E-state index in [0.29, 0.717) is 13.1 Å². The van der Waals surface area contributed by atoms with E-state index < -0.39 is 27.2 Å². The van der Waals surface area contributed by atoms with Crippen molar-refractivity contribution < 1.29 is 18.0 Å². The third-order valence-corrected chi connectivity index (χ3v) is 5.24. The number of urea groups is 1. The Morgan fingerprint density at radius 2 is 2.05 bits per heavy atom. The molecule has 1 aliphatic heterocycles. The van der Waals surface area contributed by atoms with E-state index in [0.717, 1.165) is 19.4 Å². The van der Waals surface area contributed by atoms with Crippen LogP contribution in [0.2, 0.25) is 0 Å². The number of primary amides is 1. The molecule has 1 aliphatic rings. The van der Waals surface area contributed by atoms with Gasteiger partial charge in [0.2, 0.25) is 15.9 Å². The molecule has 0 aromatic heterocycles. The van der Waals surface area contributed by atoms with Gasteiger partial charge in [-0.05, 0) is 39.2 Å². The highest BCUT2D eigenvalue weighted by Gasteiger charge is 2.24. The quantitative estimate of drug-likeness (QED) is 0.593. The minimum atomic E-state index is -3.26. The first-order chi connectivity index (χ1) is 9.70. The van der Waals surface area contributed by atoms with Crippen LogP contribution in [0.15, 0.2) is 0 Å². The summed E-state index contributed by atoms with van der Waals surface area (Å²) in [5.41, 5.74) is 4.88. The summed E-state index contributed by atoms with van der Waals surface area (Å²) in [7, 11) is -3.26. The molecule has 4 N–H and O–H groups in total. The lowest BCUT2D eigenvalue weighted by Crippen LogP contribution is -2.47. The SMILES string of the molecule is CC(C)S(=O)(=O)NC[C@H]1CCCN(CC(=O)NC(N)=O)C1. The molecule has 9 heteroatoms. The van der Waals surface area contributed by atoms with Crippen LogP contribution in [0.1, 0.15) is 26.7 Å². The average Bonchev–Trinajstić information content (AvgIpc) is 2.35. The Labute approximate surface area is 125 Å². The molecule has 8 nitrogen and oxygen atoms in total. The number of piperidine rings is 1. The Hall–Kier alpha value is -1.19. The fourth-order valence-corrected chi connectivity index (χ4v) is 3.04. The van der Waals surface area contributed by atoms with Gasteiger partial charge in [-0.15, -0.1) is 0 Å². The van der Waals surface area contributed by atoms with Crippen molar-refractivity contribution in [2.45, 2.75) is 31.9 Å². The zero-order valence-corrected chi connectivity index (χ0v) is 13.3. The zero-order chi connectivity index (χ0) is 16.0. The van der Waals surface area contributed by atoms with Crippen molar-refractivity contribution in [1.29, 1.82) is 0 Å². The van der Waals surface area contributed by atoms with E-state index >= 15 is 0 Å². The Bertz CT molecular complexity index is 478. The predicted molar refractivity (Wildman–Crippen MR) is 78.9 cm³/mol. The average molecular weight is 320 g/mol. The molecular weight excluding hydrogens is 296 g/mol. The molecule has 122 valence electrons. The fraction of sp³-hybridized carbons (Fsp3) is 0.833. The number of carbonyl (C=O) groups excluding carboxylic acids is 2. The lowest BCUT2D eigenvalue weighted by molar-refractivity contribution is -0.121. The number of carbonyl (C=O) groups is 2. The van der Waals surface area contributed by atoms with E-state index in [1.165, 1.54) is 0 Å². The van der Waals surface area contributed by atoms with Crippen molar-refractivity contribution in [3.63, 3.8) is 0 Å². The van der Waals surface area contributed by atoms with Crippen LogP contribution < -0.4 is 15.8 Å². The summed E-state index contributed by atoms with van der Waals surface area (Å²) in [4.78, 5) is 24.0. The van der Waals surface area contributed by atoms with Gasteiger partial charge in [-0.1, -0.05) is 0 Å². The topological polar surface area (TPSA) is 122 Å². The van der Waals surface area contributed by atoms with Gasteiger partial charge >= 0.3 is 6.03 Å². The number of hydrogen-bond donors (Lipinski definition) is 3. The second kappa shape index (κ2) is 7.71. The smallest absolute Gasteiger partial charge is 0.318 e. The summed E-state index contributed by atoms with van der Waals surface area (Å²) < 4.78 is 26.0. The van der Waals surface area contributed by atoms with Crippen molar-refractivity contribution in [3.05, 3.63) is 0 Å². The van der Waals surface area contributed by atoms with Crippen LogP contribution in [0.5, 0.6) is 0 Å². The van der Waals surface area contributed by atoms with Gasteiger partial charge in [-0.2, -0.15) is 0 Å². The van der Waals surface area contributed by atoms with Gasteiger partial charge < -0.3 is 5.73 Å². The molecule has 0 aromatic rings. The molecule has 0 aromatic carbocycles. The number of nitrogens with one attached hydrogen (secondary N) is 2. The summed E-state index contributed by atoms with van der Waals surface area (Å²) in [5.74, 6) is -0.278. The number of nitrogens with zero attached hydrogens (tertiary/aromatic N) is 1. The van der Waals surface area contributed by atoms with Gasteiger partial charge in [-0.25, -0.2) is 17.9 Å². The van der Waals surface area contributed by atoms with Crippen LogP contribution in [0.3, 0.4) is 0 Å². The maximum absolute atomic E-state index is 11.7. The number of hydrogen-bond acceptors (Lipinski definition) is 5. The number of nitrogens with two attached hydrogens (primary N) is 1. The van der Waals surface area contributed by atoms with Gasteiger partial charge in [0, 0.05) is 13.1 Å². The fourth-order valence-electron chi connectivity index (χ4n) is 2.24. The number of sulfonamides is 1. The monoisotopic (exact) mass is 320 g/mol. The van der Waals surface area contributed by atoms with Crippen LogP contribution in [0.4, 0.5) is 4.79 Å². The molecule has 0 spiro atoms. The minimum Gasteiger partial charge on any atom is -0.351 e. The standard InChI is InChI=1S/C12H24N4O4S/c1-9(2)21(19,20)14-6-10-4-3-5-16(7-10)8-11(17)15-12(13)18/h9-10,14H,3-8H2,1-2H3,(H3,13,15,17,18)/t10-/m1/s1. The van der Waals surface area contributed by atoms with E-state index in [9.17, 15) is 18.0 Å². The highest BCUT2D eigenvalue weighted by Crippen LogP contribution is 2.16. The van der Waals surface area contributed by atoms with Gasteiger partial charge in [-0.3, -0.25) is 15.0 Å². The molecule has 0 radical (unpaired) electrons. The van der Waals surface area contributed by atoms with Crippen LogP contribution in [-0.4, -0.2) is 56.7 Å². The molecule has 1 fully saturated rings. The van der Waals surface area contributed by atoms with Gasteiger partial charge in [0.25, 0.3) is 0 Å². The number of rotatable bonds is 6. The van der Waals surface area contributed by atoms with E-state index in [4.69, 9.17) is 5.73 Å². The van der Waals surface area contributed by atoms with Crippen molar-refractivity contribution in [3.8, 4) is 0 Å². The summed E-state index contributed by atoms with van der Waals surface area (Å²) in [6, 6.07) is -0.863. The molecule has 1 rings (SSSR count). The lowest BCUT2D eigenvalue weighted by Gasteiger charge is -2.32. The first-order valence-electron chi connectivity index (χ1n) is 7.01. The summed E-state index contributed by atoms with van der Waals surface area (Å²) in [5, 5.41) is 1.56. The number of imide groups is 1. The zero-order valence-electron chi connectivity index (χ0n) is 12.5. The van der Waals surface area contributed by atoms with E-state index in [1.807, 2.05) is 10.2 Å². The van der Waals surface area contributed by atoms with Gasteiger partial charge in [0.1, 0.15) is 0 Å². The Morgan fingerprint density at radius 3 is 2.62 bits per heavy atom. The Balaban J connectivity index is 2.42. The Kier molecular flexibility index (Phi) is 6.56. The Morgan fingerprint density at radius 1 is 1.38 bits per heavy atom. The molecule has 1 atom stereocenters. The largest absolute Gasteiger partial charge is 0.351 e. The molecule has 3 amide bonds. The third kappa shape index (κ3) is 6.40. The van der Waals surface area contributed by atoms with Crippen LogP contribution >= 0.6 is 0 Å². The van der Waals surface area contributed by atoms with Gasteiger partial charge in [0.15, 0.2) is 0 Å². The van der Waals surface area contributed by atoms with E-state index in [1.54, 1.807) is 13.8 Å². The first-order valence-corrected chi connectivity index (χ1v) is 8.55. The molecule has 0 saturated carbocycles. The van der Waals surface area contributed by atoms with Crippen molar-refractivity contribution >= 4 is 22.0 Å². The summed E-state index contributed by atoms with van der Waals surface area (Å²) in [6.45, 7) is 5.09. The predicted octanol–water partition coefficient (Wildman–Crippen LogP) is -0.779. The molecule has 0 bridgehead atoms. The second-order valence-corrected chi connectivity index (χ2v) is 7.92. The third-order valence-electron chi connectivity index (χ3n) is 3.43. The van der Waals surface area contributed by atoms with Crippen molar-refractivity contribution in [2.75, 3.05) is 26.2 Å². The minimum absolute atomic E-state index is 0.0936.